The first-order valence-corrected chi connectivity index (χ1v) is 10.1. The average molecular weight is 370 g/mol. The molecule has 0 unspecified atom stereocenters. The zero-order valence-corrected chi connectivity index (χ0v) is 16.9. The molecule has 0 spiro atoms. The molecular formula is C21H27N3OS. The van der Waals surface area contributed by atoms with Crippen LogP contribution in [0.5, 0.6) is 0 Å². The van der Waals surface area contributed by atoms with Crippen molar-refractivity contribution < 1.29 is 0 Å². The number of nitrogens with zero attached hydrogens (tertiary/aromatic N) is 3. The van der Waals surface area contributed by atoms with Crippen LogP contribution in [0.1, 0.15) is 35.7 Å². The predicted molar refractivity (Wildman–Crippen MR) is 110 cm³/mol. The Morgan fingerprint density at radius 1 is 1.12 bits per heavy atom. The fraction of sp³-hybridized carbons (Fsp3) is 0.429. The summed E-state index contributed by atoms with van der Waals surface area (Å²) in [7, 11) is 0. The highest BCUT2D eigenvalue weighted by atomic mass is 32.1. The van der Waals surface area contributed by atoms with Crippen molar-refractivity contribution in [1.82, 2.24) is 14.5 Å². The van der Waals surface area contributed by atoms with Crippen LogP contribution in [0.3, 0.4) is 0 Å². The van der Waals surface area contributed by atoms with Crippen molar-refractivity contribution in [2.45, 2.75) is 47.2 Å². The van der Waals surface area contributed by atoms with Crippen molar-refractivity contribution in [2.24, 2.45) is 0 Å². The van der Waals surface area contributed by atoms with Gasteiger partial charge in [0.1, 0.15) is 10.7 Å². The first-order chi connectivity index (χ1) is 12.5. The molecule has 0 aliphatic heterocycles. The van der Waals surface area contributed by atoms with E-state index in [9.17, 15) is 4.79 Å². The second-order valence-electron chi connectivity index (χ2n) is 6.65. The molecule has 0 bridgehead atoms. The summed E-state index contributed by atoms with van der Waals surface area (Å²) in [5.41, 5.74) is 2.42. The number of aromatic nitrogens is 2. The maximum Gasteiger partial charge on any atom is 0.262 e. The summed E-state index contributed by atoms with van der Waals surface area (Å²) in [6.07, 6.45) is 0.835. The lowest BCUT2D eigenvalue weighted by Gasteiger charge is -2.20. The third kappa shape index (κ3) is 3.74. The highest BCUT2D eigenvalue weighted by Gasteiger charge is 2.17. The van der Waals surface area contributed by atoms with Crippen LogP contribution in [0.4, 0.5) is 0 Å². The monoisotopic (exact) mass is 369 g/mol. The predicted octanol–water partition coefficient (Wildman–Crippen LogP) is 4.16. The van der Waals surface area contributed by atoms with Gasteiger partial charge in [0.15, 0.2) is 0 Å². The lowest BCUT2D eigenvalue weighted by molar-refractivity contribution is 0.281. The Morgan fingerprint density at radius 3 is 2.46 bits per heavy atom. The summed E-state index contributed by atoms with van der Waals surface area (Å²) in [5, 5.41) is 0.795. The van der Waals surface area contributed by atoms with Gasteiger partial charge in [0.05, 0.1) is 11.9 Å². The number of fused-ring (bicyclic) bond motifs is 1. The van der Waals surface area contributed by atoms with Gasteiger partial charge in [0.25, 0.3) is 5.56 Å². The molecule has 0 N–H and O–H groups in total. The van der Waals surface area contributed by atoms with E-state index in [1.807, 2.05) is 29.7 Å². The van der Waals surface area contributed by atoms with Gasteiger partial charge in [-0.15, -0.1) is 11.3 Å². The lowest BCUT2D eigenvalue weighted by Crippen LogP contribution is -2.31. The zero-order chi connectivity index (χ0) is 18.7. The summed E-state index contributed by atoms with van der Waals surface area (Å²) < 4.78 is 1.90. The first-order valence-electron chi connectivity index (χ1n) is 9.30. The largest absolute Gasteiger partial charge is 0.297 e. The number of hydrogen-bond acceptors (Lipinski definition) is 4. The molecule has 1 aromatic carbocycles. The molecule has 4 nitrogen and oxygen atoms in total. The summed E-state index contributed by atoms with van der Waals surface area (Å²) >= 11 is 1.63. The summed E-state index contributed by atoms with van der Waals surface area (Å²) in [6.45, 7) is 11.7. The van der Waals surface area contributed by atoms with Crippen molar-refractivity contribution in [3.8, 4) is 0 Å². The molecule has 0 aliphatic rings. The van der Waals surface area contributed by atoms with Gasteiger partial charge in [-0.05, 0) is 44.5 Å². The smallest absolute Gasteiger partial charge is 0.262 e. The molecule has 0 radical (unpaired) electrons. The Hall–Kier alpha value is -1.98. The van der Waals surface area contributed by atoms with Gasteiger partial charge in [-0.1, -0.05) is 44.2 Å². The third-order valence-corrected chi connectivity index (χ3v) is 6.20. The fourth-order valence-electron chi connectivity index (χ4n) is 3.25. The molecular weight excluding hydrogens is 342 g/mol. The second kappa shape index (κ2) is 8.14. The van der Waals surface area contributed by atoms with E-state index in [1.54, 1.807) is 11.3 Å². The van der Waals surface area contributed by atoms with Crippen LogP contribution in [0.25, 0.3) is 10.2 Å². The Kier molecular flexibility index (Phi) is 5.89. The fourth-order valence-corrected chi connectivity index (χ4v) is 4.29. The molecule has 0 amide bonds. The van der Waals surface area contributed by atoms with Crippen LogP contribution < -0.4 is 5.56 Å². The molecule has 0 saturated carbocycles. The first kappa shape index (κ1) is 18.8. The van der Waals surface area contributed by atoms with E-state index in [0.717, 1.165) is 41.1 Å². The van der Waals surface area contributed by atoms with E-state index in [4.69, 9.17) is 4.98 Å². The minimum Gasteiger partial charge on any atom is -0.297 e. The third-order valence-electron chi connectivity index (χ3n) is 5.09. The number of aryl methyl sites for hydroxylation is 3. The minimum absolute atomic E-state index is 0.106. The second-order valence-corrected chi connectivity index (χ2v) is 7.85. The Morgan fingerprint density at radius 2 is 1.81 bits per heavy atom. The van der Waals surface area contributed by atoms with Gasteiger partial charge in [-0.2, -0.15) is 0 Å². The van der Waals surface area contributed by atoms with Crippen molar-refractivity contribution in [3.63, 3.8) is 0 Å². The Labute approximate surface area is 159 Å². The van der Waals surface area contributed by atoms with E-state index in [-0.39, 0.29) is 5.56 Å². The van der Waals surface area contributed by atoms with Crippen molar-refractivity contribution in [3.05, 3.63) is 62.5 Å². The van der Waals surface area contributed by atoms with Gasteiger partial charge >= 0.3 is 0 Å². The zero-order valence-electron chi connectivity index (χ0n) is 16.1. The quantitative estimate of drug-likeness (QED) is 0.628. The Balaban J connectivity index is 2.05. The molecule has 2 heterocycles. The molecule has 0 saturated heterocycles. The van der Waals surface area contributed by atoms with E-state index < -0.39 is 0 Å². The SMILES string of the molecule is CCN(CC)Cc1nc2sc(C)c(C)c2c(=O)n1CCc1ccccc1. The molecule has 0 atom stereocenters. The van der Waals surface area contributed by atoms with E-state index in [2.05, 4.69) is 37.8 Å². The van der Waals surface area contributed by atoms with Crippen molar-refractivity contribution >= 4 is 21.6 Å². The lowest BCUT2D eigenvalue weighted by atomic mass is 10.1. The van der Waals surface area contributed by atoms with E-state index in [1.165, 1.54) is 10.4 Å². The van der Waals surface area contributed by atoms with Crippen LogP contribution in [0.15, 0.2) is 35.1 Å². The number of thiophene rings is 1. The molecule has 138 valence electrons. The standard InChI is InChI=1S/C21H27N3OS/c1-5-23(6-2)14-18-22-20-19(15(3)16(4)26-20)21(25)24(18)13-12-17-10-8-7-9-11-17/h7-11H,5-6,12-14H2,1-4H3. The molecule has 0 fully saturated rings. The normalized spacial score (nSPS) is 11.6. The summed E-state index contributed by atoms with van der Waals surface area (Å²) in [6, 6.07) is 10.3. The van der Waals surface area contributed by atoms with Gasteiger partial charge in [0, 0.05) is 11.4 Å². The van der Waals surface area contributed by atoms with Crippen LogP contribution in [0.2, 0.25) is 0 Å². The maximum atomic E-state index is 13.3. The van der Waals surface area contributed by atoms with E-state index in [0.29, 0.717) is 13.1 Å². The molecule has 3 rings (SSSR count). The highest BCUT2D eigenvalue weighted by Crippen LogP contribution is 2.26. The molecule has 5 heteroatoms. The summed E-state index contributed by atoms with van der Waals surface area (Å²) in [4.78, 5) is 22.5. The van der Waals surface area contributed by atoms with Crippen LogP contribution in [-0.2, 0) is 19.5 Å². The molecule has 0 aliphatic carbocycles. The van der Waals surface area contributed by atoms with Crippen LogP contribution >= 0.6 is 11.3 Å². The van der Waals surface area contributed by atoms with Gasteiger partial charge in [0.2, 0.25) is 0 Å². The van der Waals surface area contributed by atoms with Gasteiger partial charge in [-0.25, -0.2) is 4.98 Å². The number of hydrogen-bond donors (Lipinski definition) is 0. The molecule has 3 aromatic rings. The Bertz CT molecular complexity index is 939. The highest BCUT2D eigenvalue weighted by molar-refractivity contribution is 7.18. The van der Waals surface area contributed by atoms with Gasteiger partial charge in [-0.3, -0.25) is 14.3 Å². The van der Waals surface area contributed by atoms with Crippen LogP contribution in [-0.4, -0.2) is 27.5 Å². The average Bonchev–Trinajstić information content (AvgIpc) is 2.94. The van der Waals surface area contributed by atoms with Crippen molar-refractivity contribution in [2.75, 3.05) is 13.1 Å². The summed E-state index contributed by atoms with van der Waals surface area (Å²) in [5.74, 6) is 0.878. The van der Waals surface area contributed by atoms with Crippen LogP contribution in [0, 0.1) is 13.8 Å². The minimum atomic E-state index is 0.106. The maximum absolute atomic E-state index is 13.3. The molecule has 2 aromatic heterocycles. The number of benzene rings is 1. The number of rotatable bonds is 7. The van der Waals surface area contributed by atoms with E-state index >= 15 is 0 Å². The molecule has 26 heavy (non-hydrogen) atoms. The topological polar surface area (TPSA) is 38.1 Å². The van der Waals surface area contributed by atoms with Gasteiger partial charge < -0.3 is 0 Å². The van der Waals surface area contributed by atoms with Crippen molar-refractivity contribution in [1.29, 1.82) is 0 Å².